The second-order valence-corrected chi connectivity index (χ2v) is 6.12. The molecule has 144 valence electrons. The molecule has 8 heteroatoms. The maximum atomic E-state index is 5.60. The number of methoxy groups -OCH3 is 1. The highest BCUT2D eigenvalue weighted by atomic mass is 16.5. The number of benzene rings is 1. The third-order valence-electron chi connectivity index (χ3n) is 3.98. The molecule has 0 unspecified atom stereocenters. The fraction of sp³-hybridized carbons (Fsp3) is 0.421. The van der Waals surface area contributed by atoms with E-state index in [-0.39, 0.29) is 0 Å². The minimum atomic E-state index is 0.296. The van der Waals surface area contributed by atoms with Crippen LogP contribution in [0.15, 0.2) is 35.4 Å². The number of aryl methyl sites for hydroxylation is 1. The standard InChI is InChI=1S/C19H25N5O3/c1-15-4-3-5-16(12-15)14-20-23-17-13-18(24-6-8-26-9-7-24)22-19(21-17)27-11-10-25-2/h3-5,12-14H,6-11H2,1-2H3,(H,21,22,23)/b20-14+. The number of nitrogens with zero attached hydrogens (tertiary/aromatic N) is 4. The number of aromatic nitrogens is 2. The lowest BCUT2D eigenvalue weighted by Crippen LogP contribution is -2.36. The van der Waals surface area contributed by atoms with Crippen molar-refractivity contribution < 1.29 is 14.2 Å². The van der Waals surface area contributed by atoms with E-state index in [0.717, 1.165) is 24.5 Å². The first-order chi connectivity index (χ1) is 13.2. The van der Waals surface area contributed by atoms with Crippen LogP contribution in [-0.4, -0.2) is 62.8 Å². The monoisotopic (exact) mass is 371 g/mol. The molecule has 0 atom stereocenters. The maximum Gasteiger partial charge on any atom is 0.320 e. The Hall–Kier alpha value is -2.71. The number of hydrogen-bond donors (Lipinski definition) is 1. The third-order valence-corrected chi connectivity index (χ3v) is 3.98. The van der Waals surface area contributed by atoms with Crippen LogP contribution in [0.1, 0.15) is 11.1 Å². The van der Waals surface area contributed by atoms with Crippen molar-refractivity contribution in [1.82, 2.24) is 9.97 Å². The molecule has 1 aromatic heterocycles. The molecule has 0 aliphatic carbocycles. The van der Waals surface area contributed by atoms with Crippen LogP contribution in [-0.2, 0) is 9.47 Å². The summed E-state index contributed by atoms with van der Waals surface area (Å²) >= 11 is 0. The van der Waals surface area contributed by atoms with Gasteiger partial charge in [-0.3, -0.25) is 5.43 Å². The van der Waals surface area contributed by atoms with Gasteiger partial charge in [-0.15, -0.1) is 0 Å². The molecule has 1 saturated heterocycles. The first-order valence-electron chi connectivity index (χ1n) is 8.94. The zero-order chi connectivity index (χ0) is 18.9. The predicted molar refractivity (Wildman–Crippen MR) is 105 cm³/mol. The van der Waals surface area contributed by atoms with Crippen molar-refractivity contribution in [2.75, 3.05) is 57.0 Å². The van der Waals surface area contributed by atoms with Gasteiger partial charge in [0, 0.05) is 26.3 Å². The van der Waals surface area contributed by atoms with Gasteiger partial charge in [0.05, 0.1) is 26.0 Å². The Bertz CT molecular complexity index is 763. The lowest BCUT2D eigenvalue weighted by molar-refractivity contribution is 0.122. The number of nitrogens with one attached hydrogen (secondary N) is 1. The Morgan fingerprint density at radius 3 is 2.85 bits per heavy atom. The number of hydrazone groups is 1. The molecule has 1 fully saturated rings. The van der Waals surface area contributed by atoms with E-state index in [9.17, 15) is 0 Å². The highest BCUT2D eigenvalue weighted by Crippen LogP contribution is 2.20. The van der Waals surface area contributed by atoms with E-state index in [1.54, 1.807) is 13.3 Å². The van der Waals surface area contributed by atoms with Crippen molar-refractivity contribution in [3.63, 3.8) is 0 Å². The van der Waals surface area contributed by atoms with Gasteiger partial charge in [0.2, 0.25) is 0 Å². The van der Waals surface area contributed by atoms with Gasteiger partial charge in [-0.25, -0.2) is 0 Å². The summed E-state index contributed by atoms with van der Waals surface area (Å²) in [6.45, 7) is 5.82. The fourth-order valence-corrected chi connectivity index (χ4v) is 2.63. The van der Waals surface area contributed by atoms with Gasteiger partial charge in [-0.05, 0) is 12.5 Å². The molecule has 0 radical (unpaired) electrons. The first-order valence-corrected chi connectivity index (χ1v) is 8.94. The van der Waals surface area contributed by atoms with Gasteiger partial charge >= 0.3 is 6.01 Å². The minimum absolute atomic E-state index is 0.296. The van der Waals surface area contributed by atoms with E-state index in [0.29, 0.717) is 38.3 Å². The molecule has 1 N–H and O–H groups in total. The largest absolute Gasteiger partial charge is 0.461 e. The second-order valence-electron chi connectivity index (χ2n) is 6.12. The number of ether oxygens (including phenoxy) is 3. The number of rotatable bonds is 8. The SMILES string of the molecule is COCCOc1nc(N/N=C/c2cccc(C)c2)cc(N2CCOCC2)n1. The van der Waals surface area contributed by atoms with E-state index in [4.69, 9.17) is 14.2 Å². The van der Waals surface area contributed by atoms with E-state index in [2.05, 4.69) is 31.5 Å². The van der Waals surface area contributed by atoms with Crippen LogP contribution < -0.4 is 15.1 Å². The van der Waals surface area contributed by atoms with E-state index < -0.39 is 0 Å². The van der Waals surface area contributed by atoms with Gasteiger partial charge in [0.25, 0.3) is 0 Å². The molecule has 0 amide bonds. The van der Waals surface area contributed by atoms with Crippen LogP contribution in [0.4, 0.5) is 11.6 Å². The summed E-state index contributed by atoms with van der Waals surface area (Å²) in [5.74, 6) is 1.36. The van der Waals surface area contributed by atoms with Gasteiger partial charge in [-0.1, -0.05) is 29.8 Å². The van der Waals surface area contributed by atoms with Crippen molar-refractivity contribution in [2.24, 2.45) is 5.10 Å². The van der Waals surface area contributed by atoms with E-state index in [1.165, 1.54) is 5.56 Å². The highest BCUT2D eigenvalue weighted by Gasteiger charge is 2.15. The van der Waals surface area contributed by atoms with E-state index in [1.807, 2.05) is 31.2 Å². The fourth-order valence-electron chi connectivity index (χ4n) is 2.63. The Morgan fingerprint density at radius 1 is 1.22 bits per heavy atom. The molecule has 0 spiro atoms. The molecule has 0 saturated carbocycles. The topological polar surface area (TPSA) is 81.1 Å². The van der Waals surface area contributed by atoms with Gasteiger partial charge < -0.3 is 19.1 Å². The average Bonchev–Trinajstić information content (AvgIpc) is 2.69. The molecular weight excluding hydrogens is 346 g/mol. The number of morpholine rings is 1. The van der Waals surface area contributed by atoms with Crippen molar-refractivity contribution >= 4 is 17.9 Å². The lowest BCUT2D eigenvalue weighted by Gasteiger charge is -2.28. The Balaban J connectivity index is 1.74. The van der Waals surface area contributed by atoms with Crippen LogP contribution in [0.25, 0.3) is 0 Å². The van der Waals surface area contributed by atoms with Crippen LogP contribution in [0, 0.1) is 6.92 Å². The Morgan fingerprint density at radius 2 is 2.07 bits per heavy atom. The zero-order valence-electron chi connectivity index (χ0n) is 15.7. The van der Waals surface area contributed by atoms with Gasteiger partial charge in [0.1, 0.15) is 12.4 Å². The molecular formula is C19H25N5O3. The average molecular weight is 371 g/mol. The Kier molecular flexibility index (Phi) is 6.95. The minimum Gasteiger partial charge on any atom is -0.461 e. The molecule has 2 aromatic rings. The summed E-state index contributed by atoms with van der Waals surface area (Å²) < 4.78 is 16.0. The first kappa shape index (κ1) is 19.1. The summed E-state index contributed by atoms with van der Waals surface area (Å²) in [6, 6.07) is 10.3. The van der Waals surface area contributed by atoms with Crippen molar-refractivity contribution in [1.29, 1.82) is 0 Å². The summed E-state index contributed by atoms with van der Waals surface area (Å²) in [5, 5.41) is 4.29. The molecule has 8 nitrogen and oxygen atoms in total. The van der Waals surface area contributed by atoms with Crippen LogP contribution in [0.3, 0.4) is 0 Å². The molecule has 1 aromatic carbocycles. The Labute approximate surface area is 159 Å². The number of anilines is 2. The summed E-state index contributed by atoms with van der Waals surface area (Å²) in [6.07, 6.45) is 1.76. The van der Waals surface area contributed by atoms with Crippen molar-refractivity contribution in [2.45, 2.75) is 6.92 Å². The van der Waals surface area contributed by atoms with Crippen LogP contribution in [0.2, 0.25) is 0 Å². The molecule has 3 rings (SSSR count). The van der Waals surface area contributed by atoms with Crippen molar-refractivity contribution in [3.05, 3.63) is 41.5 Å². The molecule has 0 bridgehead atoms. The molecule has 1 aliphatic heterocycles. The summed E-state index contributed by atoms with van der Waals surface area (Å²) in [5.41, 5.74) is 5.17. The van der Waals surface area contributed by atoms with E-state index >= 15 is 0 Å². The predicted octanol–water partition coefficient (Wildman–Crippen LogP) is 2.09. The van der Waals surface area contributed by atoms with Gasteiger partial charge in [-0.2, -0.15) is 15.1 Å². The molecule has 1 aliphatic rings. The van der Waals surface area contributed by atoms with Crippen LogP contribution in [0.5, 0.6) is 6.01 Å². The summed E-state index contributed by atoms with van der Waals surface area (Å²) in [4.78, 5) is 11.0. The highest BCUT2D eigenvalue weighted by molar-refractivity contribution is 5.80. The number of hydrogen-bond acceptors (Lipinski definition) is 8. The van der Waals surface area contributed by atoms with Crippen LogP contribution >= 0.6 is 0 Å². The van der Waals surface area contributed by atoms with Gasteiger partial charge in [0.15, 0.2) is 5.82 Å². The lowest BCUT2D eigenvalue weighted by atomic mass is 10.2. The maximum absolute atomic E-state index is 5.60. The quantitative estimate of drug-likeness (QED) is 0.432. The summed E-state index contributed by atoms with van der Waals surface area (Å²) in [7, 11) is 1.63. The zero-order valence-corrected chi connectivity index (χ0v) is 15.7. The normalized spacial score (nSPS) is 14.5. The molecule has 2 heterocycles. The second kappa shape index (κ2) is 9.84. The molecule has 27 heavy (non-hydrogen) atoms. The third kappa shape index (κ3) is 5.90. The smallest absolute Gasteiger partial charge is 0.320 e. The van der Waals surface area contributed by atoms with Crippen molar-refractivity contribution in [3.8, 4) is 6.01 Å².